The quantitative estimate of drug-likeness (QED) is 0.803. The number of hydrogen-bond donors (Lipinski definition) is 0. The fourth-order valence-electron chi connectivity index (χ4n) is 3.65. The highest BCUT2D eigenvalue weighted by atomic mass is 16.2. The molecule has 0 spiro atoms. The molecule has 0 N–H and O–H groups in total. The van der Waals surface area contributed by atoms with Crippen molar-refractivity contribution in [2.24, 2.45) is 5.92 Å². The molecule has 0 saturated heterocycles. The first-order valence-corrected chi connectivity index (χ1v) is 9.30. The molecule has 4 rings (SSSR count). The van der Waals surface area contributed by atoms with Crippen LogP contribution in [0.5, 0.6) is 0 Å². The van der Waals surface area contributed by atoms with Crippen LogP contribution in [0.2, 0.25) is 0 Å². The Hall–Kier alpha value is -2.68. The van der Waals surface area contributed by atoms with E-state index in [1.807, 2.05) is 23.6 Å². The summed E-state index contributed by atoms with van der Waals surface area (Å²) in [6.45, 7) is 4.30. The smallest absolute Gasteiger partial charge is 0.243 e. The van der Waals surface area contributed by atoms with Gasteiger partial charge in [0.2, 0.25) is 5.91 Å². The van der Waals surface area contributed by atoms with Gasteiger partial charge in [0.1, 0.15) is 12.4 Å². The molecule has 1 atom stereocenters. The fourth-order valence-corrected chi connectivity index (χ4v) is 3.65. The van der Waals surface area contributed by atoms with Gasteiger partial charge in [-0.25, -0.2) is 0 Å². The largest absolute Gasteiger partial charge is 0.335 e. The number of rotatable bonds is 6. The van der Waals surface area contributed by atoms with Crippen LogP contribution in [0.15, 0.2) is 24.3 Å². The third-order valence-corrected chi connectivity index (χ3v) is 5.45. The molecule has 0 radical (unpaired) electrons. The molecule has 1 aromatic heterocycles. The lowest BCUT2D eigenvalue weighted by Crippen LogP contribution is -2.43. The second-order valence-corrected chi connectivity index (χ2v) is 7.46. The average Bonchev–Trinajstić information content (AvgIpc) is 3.55. The standard InChI is InChI=1S/C20H23N5O/c1-13(16-6-7-16)25(18-8-9-18)19(26)12-24-14(2)22-23-20(24)17-5-3-4-15(10-17)11-21/h3-5,10,13,16,18H,6-9,12H2,1-2H3. The van der Waals surface area contributed by atoms with E-state index in [0.717, 1.165) is 18.4 Å². The summed E-state index contributed by atoms with van der Waals surface area (Å²) in [6, 6.07) is 10.1. The highest BCUT2D eigenvalue weighted by Gasteiger charge is 2.41. The van der Waals surface area contributed by atoms with E-state index in [4.69, 9.17) is 5.26 Å². The van der Waals surface area contributed by atoms with E-state index in [1.54, 1.807) is 12.1 Å². The summed E-state index contributed by atoms with van der Waals surface area (Å²) >= 11 is 0. The molecule has 0 bridgehead atoms. The second kappa shape index (κ2) is 6.56. The van der Waals surface area contributed by atoms with Crippen molar-refractivity contribution < 1.29 is 4.79 Å². The lowest BCUT2D eigenvalue weighted by atomic mass is 10.1. The number of carbonyl (C=O) groups excluding carboxylic acids is 1. The van der Waals surface area contributed by atoms with Crippen molar-refractivity contribution in [2.45, 2.75) is 58.2 Å². The zero-order chi connectivity index (χ0) is 18.3. The van der Waals surface area contributed by atoms with Gasteiger partial charge >= 0.3 is 0 Å². The van der Waals surface area contributed by atoms with Gasteiger partial charge in [-0.15, -0.1) is 10.2 Å². The van der Waals surface area contributed by atoms with Crippen LogP contribution in [0, 0.1) is 24.2 Å². The molecule has 6 heteroatoms. The normalized spacial score (nSPS) is 17.6. The van der Waals surface area contributed by atoms with Gasteiger partial charge in [-0.1, -0.05) is 12.1 Å². The summed E-state index contributed by atoms with van der Waals surface area (Å²) < 4.78 is 1.87. The maximum absolute atomic E-state index is 13.1. The SMILES string of the molecule is Cc1nnc(-c2cccc(C#N)c2)n1CC(=O)N(C1CC1)C(C)C1CC1. The van der Waals surface area contributed by atoms with E-state index in [2.05, 4.69) is 28.1 Å². The number of nitrogens with zero attached hydrogens (tertiary/aromatic N) is 5. The Kier molecular flexibility index (Phi) is 4.23. The van der Waals surface area contributed by atoms with Crippen molar-refractivity contribution in [3.63, 3.8) is 0 Å². The third-order valence-electron chi connectivity index (χ3n) is 5.45. The summed E-state index contributed by atoms with van der Waals surface area (Å²) in [7, 11) is 0. The first-order valence-electron chi connectivity index (χ1n) is 9.30. The number of aryl methyl sites for hydroxylation is 1. The summed E-state index contributed by atoms with van der Waals surface area (Å²) in [6.07, 6.45) is 4.69. The Morgan fingerprint density at radius 1 is 1.35 bits per heavy atom. The molecule has 6 nitrogen and oxygen atoms in total. The molecule has 134 valence electrons. The average molecular weight is 349 g/mol. The zero-order valence-electron chi connectivity index (χ0n) is 15.2. The Balaban J connectivity index is 1.60. The molecule has 0 aliphatic heterocycles. The van der Waals surface area contributed by atoms with Crippen LogP contribution in [0.4, 0.5) is 0 Å². The maximum atomic E-state index is 13.1. The minimum Gasteiger partial charge on any atom is -0.335 e. The van der Waals surface area contributed by atoms with E-state index >= 15 is 0 Å². The van der Waals surface area contributed by atoms with E-state index in [-0.39, 0.29) is 12.5 Å². The van der Waals surface area contributed by atoms with E-state index < -0.39 is 0 Å². The zero-order valence-corrected chi connectivity index (χ0v) is 15.2. The van der Waals surface area contributed by atoms with Crippen LogP contribution in [-0.4, -0.2) is 37.7 Å². The Morgan fingerprint density at radius 2 is 2.12 bits per heavy atom. The first-order chi connectivity index (χ1) is 12.6. The lowest BCUT2D eigenvalue weighted by Gasteiger charge is -2.30. The lowest BCUT2D eigenvalue weighted by molar-refractivity contribution is -0.135. The minimum absolute atomic E-state index is 0.146. The molecule has 1 unspecified atom stereocenters. The molecule has 2 aliphatic carbocycles. The molecule has 26 heavy (non-hydrogen) atoms. The third kappa shape index (κ3) is 3.22. The van der Waals surface area contributed by atoms with Crippen LogP contribution in [0.25, 0.3) is 11.4 Å². The molecular formula is C20H23N5O. The van der Waals surface area contributed by atoms with E-state index in [1.165, 1.54) is 12.8 Å². The molecule has 2 aromatic rings. The first kappa shape index (κ1) is 16.8. The van der Waals surface area contributed by atoms with Gasteiger partial charge in [0, 0.05) is 17.6 Å². The number of amides is 1. The predicted molar refractivity (Wildman–Crippen MR) is 97.0 cm³/mol. The number of nitriles is 1. The van der Waals surface area contributed by atoms with Gasteiger partial charge in [-0.05, 0) is 57.6 Å². The van der Waals surface area contributed by atoms with E-state index in [0.29, 0.717) is 35.2 Å². The molecule has 2 aliphatic rings. The molecular weight excluding hydrogens is 326 g/mol. The van der Waals surface area contributed by atoms with Crippen LogP contribution in [0.3, 0.4) is 0 Å². The highest BCUT2D eigenvalue weighted by molar-refractivity contribution is 5.78. The molecule has 1 heterocycles. The van der Waals surface area contributed by atoms with Crippen molar-refractivity contribution in [3.8, 4) is 17.5 Å². The van der Waals surface area contributed by atoms with Gasteiger partial charge in [0.15, 0.2) is 5.82 Å². The van der Waals surface area contributed by atoms with Gasteiger partial charge < -0.3 is 9.47 Å². The van der Waals surface area contributed by atoms with Crippen molar-refractivity contribution in [3.05, 3.63) is 35.7 Å². The second-order valence-electron chi connectivity index (χ2n) is 7.46. The number of aromatic nitrogens is 3. The predicted octanol–water partition coefficient (Wildman–Crippen LogP) is 2.91. The molecule has 2 fully saturated rings. The van der Waals surface area contributed by atoms with Crippen molar-refractivity contribution in [1.82, 2.24) is 19.7 Å². The van der Waals surface area contributed by atoms with Gasteiger partial charge in [-0.3, -0.25) is 4.79 Å². The number of carbonyl (C=O) groups is 1. The van der Waals surface area contributed by atoms with Crippen molar-refractivity contribution in [2.75, 3.05) is 0 Å². The monoisotopic (exact) mass is 349 g/mol. The van der Waals surface area contributed by atoms with Crippen molar-refractivity contribution >= 4 is 5.91 Å². The summed E-state index contributed by atoms with van der Waals surface area (Å²) in [5.74, 6) is 2.16. The Morgan fingerprint density at radius 3 is 2.77 bits per heavy atom. The summed E-state index contributed by atoms with van der Waals surface area (Å²) in [5, 5.41) is 17.6. The number of benzene rings is 1. The number of hydrogen-bond acceptors (Lipinski definition) is 4. The summed E-state index contributed by atoms with van der Waals surface area (Å²) in [5.41, 5.74) is 1.38. The Bertz CT molecular complexity index is 873. The van der Waals surface area contributed by atoms with Crippen LogP contribution < -0.4 is 0 Å². The van der Waals surface area contributed by atoms with Crippen LogP contribution in [-0.2, 0) is 11.3 Å². The van der Waals surface area contributed by atoms with Crippen molar-refractivity contribution in [1.29, 1.82) is 5.26 Å². The minimum atomic E-state index is 0.146. The molecule has 1 amide bonds. The molecule has 1 aromatic carbocycles. The fraction of sp³-hybridized carbons (Fsp3) is 0.500. The van der Waals surface area contributed by atoms with Crippen LogP contribution >= 0.6 is 0 Å². The van der Waals surface area contributed by atoms with Gasteiger partial charge in [0.05, 0.1) is 11.6 Å². The van der Waals surface area contributed by atoms with E-state index in [9.17, 15) is 4.79 Å². The summed E-state index contributed by atoms with van der Waals surface area (Å²) in [4.78, 5) is 15.2. The maximum Gasteiger partial charge on any atom is 0.243 e. The Labute approximate surface area is 153 Å². The topological polar surface area (TPSA) is 74.8 Å². The molecule has 2 saturated carbocycles. The van der Waals surface area contributed by atoms with Crippen LogP contribution in [0.1, 0.15) is 44.0 Å². The van der Waals surface area contributed by atoms with Gasteiger partial charge in [-0.2, -0.15) is 5.26 Å². The van der Waals surface area contributed by atoms with Gasteiger partial charge in [0.25, 0.3) is 0 Å². The highest BCUT2D eigenvalue weighted by Crippen LogP contribution is 2.40.